The van der Waals surface area contributed by atoms with E-state index in [1.54, 1.807) is 4.90 Å². The predicted octanol–water partition coefficient (Wildman–Crippen LogP) is 3.95. The van der Waals surface area contributed by atoms with Crippen LogP contribution >= 0.6 is 0 Å². The molecule has 0 heterocycles. The number of carbonyl (C=O) groups is 2. The Morgan fingerprint density at radius 2 is 1.42 bits per heavy atom. The van der Waals surface area contributed by atoms with Crippen molar-refractivity contribution < 1.29 is 9.59 Å². The third kappa shape index (κ3) is 8.79. The minimum Gasteiger partial charge on any atom is -0.332 e. The van der Waals surface area contributed by atoms with Crippen LogP contribution in [0.3, 0.4) is 0 Å². The van der Waals surface area contributed by atoms with Gasteiger partial charge in [0.1, 0.15) is 0 Å². The second kappa shape index (κ2) is 9.99. The second-order valence-corrected chi connectivity index (χ2v) is 6.25. The summed E-state index contributed by atoms with van der Waals surface area (Å²) in [7, 11) is 0. The summed E-state index contributed by atoms with van der Waals surface area (Å²) in [5, 5.41) is 0. The van der Waals surface area contributed by atoms with Crippen LogP contribution in [0.25, 0.3) is 0 Å². The Kier molecular flexibility index (Phi) is 9.54. The molecule has 0 aromatic rings. The largest absolute Gasteiger partial charge is 0.332 e. The summed E-state index contributed by atoms with van der Waals surface area (Å²) in [6.45, 7) is 8.83. The summed E-state index contributed by atoms with van der Waals surface area (Å²) < 4.78 is 0. The van der Waals surface area contributed by atoms with Gasteiger partial charge in [-0.25, -0.2) is 0 Å². The highest BCUT2D eigenvalue weighted by atomic mass is 16.2. The quantitative estimate of drug-likeness (QED) is 0.342. The first-order valence-corrected chi connectivity index (χ1v) is 7.70. The number of carbonyl (C=O) groups excluding carboxylic acids is 2. The van der Waals surface area contributed by atoms with Crippen molar-refractivity contribution in [2.45, 2.75) is 84.6 Å². The Bertz CT molecular complexity index is 256. The van der Waals surface area contributed by atoms with E-state index < -0.39 is 5.91 Å². The maximum Gasteiger partial charge on any atom is 0.287 e. The molecule has 0 aromatic heterocycles. The lowest BCUT2D eigenvalue weighted by molar-refractivity contribution is -0.142. The van der Waals surface area contributed by atoms with Crippen LogP contribution in [-0.2, 0) is 9.59 Å². The van der Waals surface area contributed by atoms with Gasteiger partial charge in [0.05, 0.1) is 0 Å². The molecule has 0 fully saturated rings. The van der Waals surface area contributed by atoms with Crippen LogP contribution in [0.4, 0.5) is 0 Å². The van der Waals surface area contributed by atoms with Gasteiger partial charge in [-0.05, 0) is 27.2 Å². The molecule has 0 rings (SSSR count). The molecular formula is C16H31NO2. The highest BCUT2D eigenvalue weighted by Gasteiger charge is 2.25. The summed E-state index contributed by atoms with van der Waals surface area (Å²) in [6.07, 6.45) is 10.4. The van der Waals surface area contributed by atoms with Crippen LogP contribution < -0.4 is 0 Å². The molecule has 0 saturated carbocycles. The Hall–Kier alpha value is -0.860. The number of nitrogens with zero attached hydrogens (tertiary/aromatic N) is 1. The van der Waals surface area contributed by atoms with Crippen LogP contribution in [0, 0.1) is 0 Å². The van der Waals surface area contributed by atoms with Gasteiger partial charge in [0, 0.05) is 12.1 Å². The van der Waals surface area contributed by atoms with Crippen LogP contribution in [0.1, 0.15) is 79.1 Å². The topological polar surface area (TPSA) is 37.4 Å². The molecule has 3 nitrogen and oxygen atoms in total. The predicted molar refractivity (Wildman–Crippen MR) is 80.1 cm³/mol. The van der Waals surface area contributed by atoms with Crippen LogP contribution in [0.2, 0.25) is 0 Å². The second-order valence-electron chi connectivity index (χ2n) is 6.25. The third-order valence-corrected chi connectivity index (χ3v) is 3.41. The van der Waals surface area contributed by atoms with Gasteiger partial charge in [0.15, 0.2) is 0 Å². The molecule has 0 bridgehead atoms. The van der Waals surface area contributed by atoms with Gasteiger partial charge in [-0.15, -0.1) is 0 Å². The smallest absolute Gasteiger partial charge is 0.287 e. The zero-order chi connectivity index (χ0) is 14.7. The first-order chi connectivity index (χ1) is 8.93. The van der Waals surface area contributed by atoms with Crippen molar-refractivity contribution in [1.29, 1.82) is 0 Å². The van der Waals surface area contributed by atoms with Crippen molar-refractivity contribution in [3.63, 3.8) is 0 Å². The number of amides is 1. The van der Waals surface area contributed by atoms with E-state index in [0.29, 0.717) is 12.8 Å². The highest BCUT2D eigenvalue weighted by Crippen LogP contribution is 2.15. The van der Waals surface area contributed by atoms with Gasteiger partial charge in [-0.3, -0.25) is 9.59 Å². The van der Waals surface area contributed by atoms with Crippen molar-refractivity contribution in [2.75, 3.05) is 6.54 Å². The first-order valence-electron chi connectivity index (χ1n) is 7.70. The van der Waals surface area contributed by atoms with E-state index >= 15 is 0 Å². The van der Waals surface area contributed by atoms with E-state index in [-0.39, 0.29) is 5.54 Å². The van der Waals surface area contributed by atoms with Crippen molar-refractivity contribution in [3.05, 3.63) is 0 Å². The molecule has 3 heteroatoms. The molecule has 0 spiro atoms. The van der Waals surface area contributed by atoms with Gasteiger partial charge in [-0.2, -0.15) is 0 Å². The standard InChI is InChI=1S/C16H31NO2/c1-5-6-7-8-9-10-11-12-13-17(15(19)14-18)16(2,3)4/h14H,5-13H2,1-4H3. The van der Waals surface area contributed by atoms with E-state index in [4.69, 9.17) is 0 Å². The van der Waals surface area contributed by atoms with E-state index in [2.05, 4.69) is 6.92 Å². The SMILES string of the molecule is CCCCCCCCCCN(C(=O)C=O)C(C)(C)C. The lowest BCUT2D eigenvalue weighted by atomic mass is 10.0. The molecule has 19 heavy (non-hydrogen) atoms. The van der Waals surface area contributed by atoms with Crippen LogP contribution in [-0.4, -0.2) is 29.2 Å². The summed E-state index contributed by atoms with van der Waals surface area (Å²) in [5.41, 5.74) is -0.265. The molecule has 0 aliphatic carbocycles. The van der Waals surface area contributed by atoms with Gasteiger partial charge >= 0.3 is 0 Å². The Labute approximate surface area is 118 Å². The third-order valence-electron chi connectivity index (χ3n) is 3.41. The fraction of sp³-hybridized carbons (Fsp3) is 0.875. The molecule has 0 saturated heterocycles. The molecule has 112 valence electrons. The minimum atomic E-state index is -0.393. The monoisotopic (exact) mass is 269 g/mol. The summed E-state index contributed by atoms with van der Waals surface area (Å²) >= 11 is 0. The van der Waals surface area contributed by atoms with Crippen molar-refractivity contribution in [3.8, 4) is 0 Å². The van der Waals surface area contributed by atoms with Gasteiger partial charge in [0.25, 0.3) is 5.91 Å². The molecular weight excluding hydrogens is 238 g/mol. The zero-order valence-electron chi connectivity index (χ0n) is 13.2. The molecule has 0 atom stereocenters. The lowest BCUT2D eigenvalue weighted by Crippen LogP contribution is -2.46. The number of hydrogen-bond donors (Lipinski definition) is 0. The maximum absolute atomic E-state index is 11.6. The maximum atomic E-state index is 11.6. The Morgan fingerprint density at radius 3 is 1.84 bits per heavy atom. The lowest BCUT2D eigenvalue weighted by Gasteiger charge is -2.34. The average Bonchev–Trinajstić information content (AvgIpc) is 2.34. The van der Waals surface area contributed by atoms with Crippen molar-refractivity contribution >= 4 is 12.2 Å². The van der Waals surface area contributed by atoms with Crippen LogP contribution in [0.5, 0.6) is 0 Å². The first kappa shape index (κ1) is 18.1. The molecule has 0 unspecified atom stereocenters. The van der Waals surface area contributed by atoms with E-state index in [0.717, 1.165) is 12.8 Å². The Morgan fingerprint density at radius 1 is 0.947 bits per heavy atom. The van der Waals surface area contributed by atoms with E-state index in [1.807, 2.05) is 20.8 Å². The summed E-state index contributed by atoms with van der Waals surface area (Å²) in [6, 6.07) is 0. The van der Waals surface area contributed by atoms with E-state index in [1.165, 1.54) is 38.5 Å². The molecule has 0 aliphatic heterocycles. The number of rotatable bonds is 10. The van der Waals surface area contributed by atoms with Crippen LogP contribution in [0.15, 0.2) is 0 Å². The van der Waals surface area contributed by atoms with Crippen molar-refractivity contribution in [2.24, 2.45) is 0 Å². The minimum absolute atomic E-state index is 0.265. The number of hydrogen-bond acceptors (Lipinski definition) is 2. The fourth-order valence-electron chi connectivity index (χ4n) is 2.24. The molecule has 0 aromatic carbocycles. The summed E-state index contributed by atoms with van der Waals surface area (Å²) in [4.78, 5) is 23.9. The fourth-order valence-corrected chi connectivity index (χ4v) is 2.24. The van der Waals surface area contributed by atoms with Crippen molar-refractivity contribution in [1.82, 2.24) is 4.90 Å². The van der Waals surface area contributed by atoms with Gasteiger partial charge < -0.3 is 4.90 Å². The zero-order valence-corrected chi connectivity index (χ0v) is 13.2. The van der Waals surface area contributed by atoms with Gasteiger partial charge in [0.2, 0.25) is 6.29 Å². The molecule has 1 amide bonds. The Balaban J connectivity index is 3.77. The molecule has 0 aliphatic rings. The van der Waals surface area contributed by atoms with E-state index in [9.17, 15) is 9.59 Å². The molecule has 0 radical (unpaired) electrons. The summed E-state index contributed by atoms with van der Waals surface area (Å²) in [5.74, 6) is -0.393. The average molecular weight is 269 g/mol. The number of aldehydes is 1. The molecule has 0 N–H and O–H groups in total. The highest BCUT2D eigenvalue weighted by molar-refractivity contribution is 6.23. The number of unbranched alkanes of at least 4 members (excludes halogenated alkanes) is 7. The normalized spacial score (nSPS) is 11.4. The van der Waals surface area contributed by atoms with Gasteiger partial charge in [-0.1, -0.05) is 51.9 Å².